The molecule has 3 aromatic rings. The second kappa shape index (κ2) is 7.56. The summed E-state index contributed by atoms with van der Waals surface area (Å²) in [6.07, 6.45) is 6.55. The number of aromatic amines is 1. The minimum absolute atomic E-state index is 0.190. The van der Waals surface area contributed by atoms with Crippen LogP contribution in [0, 0.1) is 0 Å². The van der Waals surface area contributed by atoms with Crippen LogP contribution < -0.4 is 5.32 Å². The molecule has 1 aromatic carbocycles. The Balaban J connectivity index is 1.56. The molecule has 1 unspecified atom stereocenters. The van der Waals surface area contributed by atoms with Gasteiger partial charge in [-0.15, -0.1) is 11.3 Å². The van der Waals surface area contributed by atoms with Crippen LogP contribution >= 0.6 is 11.3 Å². The lowest BCUT2D eigenvalue weighted by atomic mass is 9.95. The summed E-state index contributed by atoms with van der Waals surface area (Å²) in [5.41, 5.74) is 3.85. The van der Waals surface area contributed by atoms with Gasteiger partial charge in [-0.05, 0) is 42.9 Å². The molecule has 0 spiro atoms. The van der Waals surface area contributed by atoms with Crippen LogP contribution in [0.25, 0.3) is 10.9 Å². The number of aryl methyl sites for hydroxylation is 1. The summed E-state index contributed by atoms with van der Waals surface area (Å²) in [5, 5.41) is 5.87. The number of benzene rings is 1. The molecule has 1 atom stereocenters. The summed E-state index contributed by atoms with van der Waals surface area (Å²) < 4.78 is 4.94. The number of hydrogen-bond acceptors (Lipinski definition) is 4. The maximum Gasteiger partial charge on any atom is 0.328 e. The number of carbonyl (C=O) groups is 2. The van der Waals surface area contributed by atoms with Crippen LogP contribution in [0.1, 0.15) is 39.2 Å². The third-order valence-corrected chi connectivity index (χ3v) is 6.28. The molecule has 0 saturated heterocycles. The number of aromatic nitrogens is 1. The van der Waals surface area contributed by atoms with Crippen molar-refractivity contribution < 1.29 is 14.3 Å². The third kappa shape index (κ3) is 3.49. The number of ether oxygens (including phenoxy) is 1. The standard InChI is InChI=1S/C21H22N2O3S/c1-26-21(25)18(10-13-11-22-17-8-4-2-6-14(13)17)23-20(24)16-12-27-19-9-5-3-7-15(16)19/h2,4,6,8,11-12,18,22H,3,5,7,9-10H2,1H3,(H,23,24). The van der Waals surface area contributed by atoms with E-state index in [0.29, 0.717) is 12.0 Å². The minimum Gasteiger partial charge on any atom is -0.467 e. The number of thiophene rings is 1. The molecule has 4 rings (SSSR count). The molecule has 0 radical (unpaired) electrons. The number of fused-ring (bicyclic) bond motifs is 2. The quantitative estimate of drug-likeness (QED) is 0.662. The van der Waals surface area contributed by atoms with E-state index >= 15 is 0 Å². The maximum atomic E-state index is 12.9. The molecule has 0 bridgehead atoms. The molecule has 0 fully saturated rings. The zero-order valence-electron chi connectivity index (χ0n) is 15.2. The fourth-order valence-corrected chi connectivity index (χ4v) is 4.90. The van der Waals surface area contributed by atoms with E-state index in [4.69, 9.17) is 4.74 Å². The molecular weight excluding hydrogens is 360 g/mol. The van der Waals surface area contributed by atoms with Crippen molar-refractivity contribution in [3.8, 4) is 0 Å². The number of nitrogens with one attached hydrogen (secondary N) is 2. The Hall–Kier alpha value is -2.60. The van der Waals surface area contributed by atoms with E-state index in [1.807, 2.05) is 35.8 Å². The summed E-state index contributed by atoms with van der Waals surface area (Å²) in [6, 6.07) is 7.19. The molecule has 2 aromatic heterocycles. The van der Waals surface area contributed by atoms with Crippen LogP contribution in [0.15, 0.2) is 35.8 Å². The number of rotatable bonds is 5. The largest absolute Gasteiger partial charge is 0.467 e. The first-order valence-electron chi connectivity index (χ1n) is 9.20. The molecule has 6 heteroatoms. The topological polar surface area (TPSA) is 71.2 Å². The monoisotopic (exact) mass is 382 g/mol. The molecule has 0 aliphatic heterocycles. The van der Waals surface area contributed by atoms with Gasteiger partial charge < -0.3 is 15.0 Å². The fourth-order valence-electron chi connectivity index (χ4n) is 3.78. The van der Waals surface area contributed by atoms with Gasteiger partial charge in [-0.2, -0.15) is 0 Å². The van der Waals surface area contributed by atoms with E-state index in [9.17, 15) is 9.59 Å². The van der Waals surface area contributed by atoms with Crippen molar-refractivity contribution in [1.82, 2.24) is 10.3 Å². The summed E-state index contributed by atoms with van der Waals surface area (Å²) in [4.78, 5) is 29.7. The van der Waals surface area contributed by atoms with Gasteiger partial charge in [0.15, 0.2) is 0 Å². The van der Waals surface area contributed by atoms with Crippen LogP contribution in [0.3, 0.4) is 0 Å². The van der Waals surface area contributed by atoms with Crippen LogP contribution in [0.4, 0.5) is 0 Å². The van der Waals surface area contributed by atoms with E-state index in [0.717, 1.165) is 41.3 Å². The highest BCUT2D eigenvalue weighted by Crippen LogP contribution is 2.30. The molecule has 27 heavy (non-hydrogen) atoms. The van der Waals surface area contributed by atoms with E-state index in [-0.39, 0.29) is 5.91 Å². The molecular formula is C21H22N2O3S. The number of esters is 1. The van der Waals surface area contributed by atoms with Gasteiger partial charge in [0.2, 0.25) is 0 Å². The first kappa shape index (κ1) is 17.8. The fraction of sp³-hybridized carbons (Fsp3) is 0.333. The average molecular weight is 382 g/mol. The number of para-hydroxylation sites is 1. The van der Waals surface area contributed by atoms with Crippen LogP contribution in [0.2, 0.25) is 0 Å². The average Bonchev–Trinajstić information content (AvgIpc) is 3.31. The zero-order chi connectivity index (χ0) is 18.8. The highest BCUT2D eigenvalue weighted by atomic mass is 32.1. The SMILES string of the molecule is COC(=O)C(Cc1c[nH]c2ccccc12)NC(=O)c1csc2c1CCCC2. The van der Waals surface area contributed by atoms with Crippen molar-refractivity contribution in [3.05, 3.63) is 57.4 Å². The molecule has 1 amide bonds. The lowest BCUT2D eigenvalue weighted by molar-refractivity contribution is -0.142. The number of hydrogen-bond donors (Lipinski definition) is 2. The van der Waals surface area contributed by atoms with Gasteiger partial charge in [-0.25, -0.2) is 4.79 Å². The predicted octanol–water partition coefficient (Wildman–Crippen LogP) is 3.62. The maximum absolute atomic E-state index is 12.9. The summed E-state index contributed by atoms with van der Waals surface area (Å²) in [6.45, 7) is 0. The van der Waals surface area contributed by atoms with Crippen molar-refractivity contribution in [2.24, 2.45) is 0 Å². The number of amides is 1. The van der Waals surface area contributed by atoms with Gasteiger partial charge in [0.1, 0.15) is 6.04 Å². The van der Waals surface area contributed by atoms with Crippen LogP contribution in [-0.2, 0) is 28.8 Å². The molecule has 0 saturated carbocycles. The van der Waals surface area contributed by atoms with Crippen molar-refractivity contribution in [3.63, 3.8) is 0 Å². The molecule has 1 aliphatic carbocycles. The molecule has 5 nitrogen and oxygen atoms in total. The molecule has 2 heterocycles. The second-order valence-electron chi connectivity index (χ2n) is 6.87. The summed E-state index contributed by atoms with van der Waals surface area (Å²) >= 11 is 1.65. The van der Waals surface area contributed by atoms with Gasteiger partial charge in [0.05, 0.1) is 12.7 Å². The van der Waals surface area contributed by atoms with E-state index in [2.05, 4.69) is 10.3 Å². The van der Waals surface area contributed by atoms with Crippen molar-refractivity contribution in [2.75, 3.05) is 7.11 Å². The van der Waals surface area contributed by atoms with Gasteiger partial charge >= 0.3 is 5.97 Å². The highest BCUT2D eigenvalue weighted by Gasteiger charge is 2.26. The first-order valence-corrected chi connectivity index (χ1v) is 10.1. The Morgan fingerprint density at radius 3 is 2.93 bits per heavy atom. The van der Waals surface area contributed by atoms with Crippen molar-refractivity contribution in [2.45, 2.75) is 38.1 Å². The first-order chi connectivity index (χ1) is 13.2. The van der Waals surface area contributed by atoms with Crippen molar-refractivity contribution >= 4 is 34.1 Å². The smallest absolute Gasteiger partial charge is 0.328 e. The Morgan fingerprint density at radius 2 is 2.07 bits per heavy atom. The van der Waals surface area contributed by atoms with E-state index in [1.165, 1.54) is 18.4 Å². The number of methoxy groups -OCH3 is 1. The lowest BCUT2D eigenvalue weighted by Crippen LogP contribution is -2.43. The minimum atomic E-state index is -0.721. The van der Waals surface area contributed by atoms with E-state index < -0.39 is 12.0 Å². The zero-order valence-corrected chi connectivity index (χ0v) is 16.0. The van der Waals surface area contributed by atoms with Gasteiger partial charge in [-0.3, -0.25) is 4.79 Å². The van der Waals surface area contributed by atoms with Crippen LogP contribution in [0.5, 0.6) is 0 Å². The van der Waals surface area contributed by atoms with E-state index in [1.54, 1.807) is 11.3 Å². The van der Waals surface area contributed by atoms with Crippen LogP contribution in [-0.4, -0.2) is 30.0 Å². The Bertz CT molecular complexity index is 988. The third-order valence-electron chi connectivity index (χ3n) is 5.20. The molecule has 1 aliphatic rings. The molecule has 140 valence electrons. The predicted molar refractivity (Wildman–Crippen MR) is 106 cm³/mol. The second-order valence-corrected chi connectivity index (χ2v) is 7.84. The van der Waals surface area contributed by atoms with Gasteiger partial charge in [0.25, 0.3) is 5.91 Å². The highest BCUT2D eigenvalue weighted by molar-refractivity contribution is 7.10. The van der Waals surface area contributed by atoms with Gasteiger partial charge in [0, 0.05) is 33.8 Å². The number of H-pyrrole nitrogens is 1. The number of carbonyl (C=O) groups excluding carboxylic acids is 2. The normalized spacial score (nSPS) is 14.6. The Kier molecular flexibility index (Phi) is 4.99. The molecule has 2 N–H and O–H groups in total. The Morgan fingerprint density at radius 1 is 1.26 bits per heavy atom. The van der Waals surface area contributed by atoms with Crippen molar-refractivity contribution in [1.29, 1.82) is 0 Å². The Labute approximate surface area is 161 Å². The lowest BCUT2D eigenvalue weighted by Gasteiger charge is -2.17. The van der Waals surface area contributed by atoms with Gasteiger partial charge in [-0.1, -0.05) is 18.2 Å². The summed E-state index contributed by atoms with van der Waals surface area (Å²) in [5.74, 6) is -0.623. The summed E-state index contributed by atoms with van der Waals surface area (Å²) in [7, 11) is 1.35.